The number of carbonyl (C=O) groups excluding carboxylic acids is 1. The van der Waals surface area contributed by atoms with Gasteiger partial charge in [0.25, 0.3) is 5.89 Å². The summed E-state index contributed by atoms with van der Waals surface area (Å²) in [6, 6.07) is 12.7. The second-order valence-electron chi connectivity index (χ2n) is 4.91. The van der Waals surface area contributed by atoms with E-state index in [0.29, 0.717) is 5.82 Å². The summed E-state index contributed by atoms with van der Waals surface area (Å²) in [5, 5.41) is 3.88. The fourth-order valence-corrected chi connectivity index (χ4v) is 2.04. The molecular weight excluding hydrogens is 299 g/mol. The Morgan fingerprint density at radius 1 is 1.17 bits per heavy atom. The molecule has 0 atom stereocenters. The average molecular weight is 312 g/mol. The smallest absolute Gasteiger partial charge is 0.338 e. The lowest BCUT2D eigenvalue weighted by molar-refractivity contribution is 0.0430. The van der Waals surface area contributed by atoms with Gasteiger partial charge in [-0.1, -0.05) is 29.4 Å². The van der Waals surface area contributed by atoms with Crippen molar-refractivity contribution in [3.63, 3.8) is 0 Å². The molecule has 116 valence electrons. The Bertz CT molecular complexity index is 828. The van der Waals surface area contributed by atoms with Gasteiger partial charge < -0.3 is 9.26 Å². The first-order chi connectivity index (χ1) is 11.1. The van der Waals surface area contributed by atoms with Crippen LogP contribution in [0.1, 0.15) is 21.8 Å². The summed E-state index contributed by atoms with van der Waals surface area (Å²) in [6.07, 6.45) is 0. The van der Waals surface area contributed by atoms with E-state index in [-0.39, 0.29) is 18.1 Å². The second kappa shape index (κ2) is 6.39. The summed E-state index contributed by atoms with van der Waals surface area (Å²) >= 11 is 0. The third-order valence-electron chi connectivity index (χ3n) is 3.26. The summed E-state index contributed by atoms with van der Waals surface area (Å²) in [6.45, 7) is 1.80. The average Bonchev–Trinajstić information content (AvgIpc) is 3.02. The number of rotatable bonds is 4. The van der Waals surface area contributed by atoms with Crippen LogP contribution in [0.25, 0.3) is 11.4 Å². The van der Waals surface area contributed by atoms with Crippen LogP contribution in [0.2, 0.25) is 0 Å². The molecule has 3 aromatic rings. The van der Waals surface area contributed by atoms with Gasteiger partial charge in [0.2, 0.25) is 5.82 Å². The number of benzene rings is 2. The van der Waals surface area contributed by atoms with E-state index in [1.54, 1.807) is 0 Å². The van der Waals surface area contributed by atoms with Crippen LogP contribution in [0.4, 0.5) is 4.39 Å². The summed E-state index contributed by atoms with van der Waals surface area (Å²) < 4.78 is 23.0. The number of aryl methyl sites for hydroxylation is 1. The molecule has 0 aliphatic rings. The monoisotopic (exact) mass is 312 g/mol. The van der Waals surface area contributed by atoms with E-state index in [1.807, 2.05) is 31.2 Å². The quantitative estimate of drug-likeness (QED) is 0.689. The van der Waals surface area contributed by atoms with E-state index < -0.39 is 11.8 Å². The highest BCUT2D eigenvalue weighted by Gasteiger charge is 2.13. The standard InChI is InChI=1S/C17H13FN2O3/c1-11-4-2-3-5-14(11)16-19-15(23-20-16)10-22-17(21)12-6-8-13(18)9-7-12/h2-9H,10H2,1H3. The summed E-state index contributed by atoms with van der Waals surface area (Å²) in [7, 11) is 0. The number of esters is 1. The molecule has 0 aliphatic carbocycles. The Morgan fingerprint density at radius 3 is 2.65 bits per heavy atom. The maximum absolute atomic E-state index is 12.8. The van der Waals surface area contributed by atoms with Crippen molar-refractivity contribution >= 4 is 5.97 Å². The molecule has 0 N–H and O–H groups in total. The van der Waals surface area contributed by atoms with Gasteiger partial charge in [-0.15, -0.1) is 0 Å². The Hall–Kier alpha value is -3.02. The number of carbonyl (C=O) groups is 1. The lowest BCUT2D eigenvalue weighted by Gasteiger charge is -2.01. The fourth-order valence-electron chi connectivity index (χ4n) is 2.04. The summed E-state index contributed by atoms with van der Waals surface area (Å²) in [5.41, 5.74) is 2.13. The van der Waals surface area contributed by atoms with Crippen molar-refractivity contribution in [2.24, 2.45) is 0 Å². The molecule has 0 bridgehead atoms. The van der Waals surface area contributed by atoms with Gasteiger partial charge in [-0.2, -0.15) is 4.98 Å². The summed E-state index contributed by atoms with van der Waals surface area (Å²) in [5.74, 6) is -0.364. The largest absolute Gasteiger partial charge is 0.452 e. The van der Waals surface area contributed by atoms with Crippen LogP contribution in [0.5, 0.6) is 0 Å². The topological polar surface area (TPSA) is 65.2 Å². The zero-order valence-electron chi connectivity index (χ0n) is 12.3. The van der Waals surface area contributed by atoms with Gasteiger partial charge in [0, 0.05) is 5.56 Å². The molecule has 5 nitrogen and oxygen atoms in total. The highest BCUT2D eigenvalue weighted by Crippen LogP contribution is 2.20. The van der Waals surface area contributed by atoms with Crippen LogP contribution in [0, 0.1) is 12.7 Å². The van der Waals surface area contributed by atoms with Crippen LogP contribution in [0.3, 0.4) is 0 Å². The van der Waals surface area contributed by atoms with Gasteiger partial charge >= 0.3 is 5.97 Å². The Balaban J connectivity index is 1.67. The first kappa shape index (κ1) is 14.9. The van der Waals surface area contributed by atoms with E-state index in [1.165, 1.54) is 24.3 Å². The van der Waals surface area contributed by atoms with Gasteiger partial charge in [0.05, 0.1) is 5.56 Å². The molecule has 0 radical (unpaired) electrons. The minimum absolute atomic E-state index is 0.144. The van der Waals surface area contributed by atoms with Crippen LogP contribution < -0.4 is 0 Å². The Morgan fingerprint density at radius 2 is 1.91 bits per heavy atom. The molecule has 0 saturated carbocycles. The van der Waals surface area contributed by atoms with Gasteiger partial charge in [-0.3, -0.25) is 0 Å². The molecule has 23 heavy (non-hydrogen) atoms. The molecule has 6 heteroatoms. The fraction of sp³-hybridized carbons (Fsp3) is 0.118. The van der Waals surface area contributed by atoms with Gasteiger partial charge in [-0.05, 0) is 36.8 Å². The minimum atomic E-state index is -0.583. The van der Waals surface area contributed by atoms with Crippen molar-refractivity contribution in [3.05, 3.63) is 71.4 Å². The normalized spacial score (nSPS) is 10.5. The first-order valence-corrected chi connectivity index (χ1v) is 6.95. The number of ether oxygens (including phenoxy) is 1. The van der Waals surface area contributed by atoms with Crippen molar-refractivity contribution < 1.29 is 18.4 Å². The van der Waals surface area contributed by atoms with Crippen LogP contribution in [-0.2, 0) is 11.3 Å². The molecular formula is C17H13FN2O3. The third-order valence-corrected chi connectivity index (χ3v) is 3.26. The molecule has 0 fully saturated rings. The van der Waals surface area contributed by atoms with Crippen LogP contribution in [0.15, 0.2) is 53.1 Å². The Labute approximate surface area is 131 Å². The number of hydrogen-bond donors (Lipinski definition) is 0. The highest BCUT2D eigenvalue weighted by atomic mass is 19.1. The molecule has 3 rings (SSSR count). The van der Waals surface area contributed by atoms with Crippen molar-refractivity contribution in [1.82, 2.24) is 10.1 Å². The lowest BCUT2D eigenvalue weighted by atomic mass is 10.1. The number of aromatic nitrogens is 2. The van der Waals surface area contributed by atoms with Crippen molar-refractivity contribution in [2.75, 3.05) is 0 Å². The zero-order valence-corrected chi connectivity index (χ0v) is 12.3. The maximum atomic E-state index is 12.8. The maximum Gasteiger partial charge on any atom is 0.338 e. The summed E-state index contributed by atoms with van der Waals surface area (Å²) in [4.78, 5) is 16.0. The van der Waals surface area contributed by atoms with E-state index in [0.717, 1.165) is 11.1 Å². The number of hydrogen-bond acceptors (Lipinski definition) is 5. The van der Waals surface area contributed by atoms with E-state index in [4.69, 9.17) is 9.26 Å². The molecule has 0 unspecified atom stereocenters. The van der Waals surface area contributed by atoms with Gasteiger partial charge in [-0.25, -0.2) is 9.18 Å². The second-order valence-corrected chi connectivity index (χ2v) is 4.91. The Kier molecular flexibility index (Phi) is 4.14. The minimum Gasteiger partial charge on any atom is -0.452 e. The lowest BCUT2D eigenvalue weighted by Crippen LogP contribution is -2.05. The predicted octanol–water partition coefficient (Wildman–Crippen LogP) is 3.54. The first-order valence-electron chi connectivity index (χ1n) is 6.95. The van der Waals surface area contributed by atoms with Crippen molar-refractivity contribution in [2.45, 2.75) is 13.5 Å². The van der Waals surface area contributed by atoms with Crippen molar-refractivity contribution in [3.8, 4) is 11.4 Å². The van der Waals surface area contributed by atoms with Gasteiger partial charge in [0.15, 0.2) is 6.61 Å². The molecule has 0 spiro atoms. The van der Waals surface area contributed by atoms with Crippen LogP contribution >= 0.6 is 0 Å². The van der Waals surface area contributed by atoms with E-state index in [9.17, 15) is 9.18 Å². The van der Waals surface area contributed by atoms with Gasteiger partial charge in [0.1, 0.15) is 5.82 Å². The third kappa shape index (κ3) is 3.42. The molecule has 0 aliphatic heterocycles. The molecule has 0 saturated heterocycles. The predicted molar refractivity (Wildman–Crippen MR) is 80.0 cm³/mol. The number of nitrogens with zero attached hydrogens (tertiary/aromatic N) is 2. The van der Waals surface area contributed by atoms with Crippen molar-refractivity contribution in [1.29, 1.82) is 0 Å². The SMILES string of the molecule is Cc1ccccc1-c1noc(COC(=O)c2ccc(F)cc2)n1. The molecule has 2 aromatic carbocycles. The van der Waals surface area contributed by atoms with E-state index in [2.05, 4.69) is 10.1 Å². The molecule has 0 amide bonds. The highest BCUT2D eigenvalue weighted by molar-refractivity contribution is 5.89. The number of halogens is 1. The zero-order chi connectivity index (χ0) is 16.2. The molecule has 1 heterocycles. The molecule has 1 aromatic heterocycles. The van der Waals surface area contributed by atoms with E-state index >= 15 is 0 Å². The van der Waals surface area contributed by atoms with Crippen LogP contribution in [-0.4, -0.2) is 16.1 Å².